The van der Waals surface area contributed by atoms with Gasteiger partial charge >= 0.3 is 10.4 Å². The maximum atomic E-state index is 14.5. The highest BCUT2D eigenvalue weighted by atomic mass is 32.3. The topological polar surface area (TPSA) is 475 Å². The van der Waals surface area contributed by atoms with Crippen LogP contribution in [0.15, 0.2) is 18.2 Å². The number of rotatable bonds is 24. The van der Waals surface area contributed by atoms with E-state index in [0.717, 1.165) is 51.2 Å². The predicted molar refractivity (Wildman–Crippen MR) is 278 cm³/mol. The lowest BCUT2D eigenvalue weighted by molar-refractivity contribution is -0.149. The van der Waals surface area contributed by atoms with Crippen molar-refractivity contribution < 1.29 is 101 Å². The summed E-state index contributed by atoms with van der Waals surface area (Å²) < 4.78 is 36.5. The smallest absolute Gasteiger partial charge is 0.446 e. The molecular formula is C50H80N8O21S. The number of phenols is 1. The summed E-state index contributed by atoms with van der Waals surface area (Å²) in [6, 6.07) is -10.4. The minimum atomic E-state index is -5.33. The van der Waals surface area contributed by atoms with Crippen LogP contribution < -0.4 is 36.5 Å². The first kappa shape index (κ1) is 66.7. The highest BCUT2D eigenvalue weighted by molar-refractivity contribution is 7.81. The molecule has 0 saturated carbocycles. The molecule has 3 fully saturated rings. The summed E-state index contributed by atoms with van der Waals surface area (Å²) in [6.45, 7) is 2.03. The molecule has 29 nitrogen and oxygen atoms in total. The van der Waals surface area contributed by atoms with E-state index >= 15 is 0 Å². The zero-order valence-electron chi connectivity index (χ0n) is 44.8. The number of carbonyl (C=O) groups excluding carboxylic acids is 8. The number of nitrogens with one attached hydrogen (secondary N) is 5. The number of aromatic hydroxyl groups is 1. The van der Waals surface area contributed by atoms with Crippen molar-refractivity contribution in [2.24, 2.45) is 5.73 Å². The first-order chi connectivity index (χ1) is 37.6. The summed E-state index contributed by atoms with van der Waals surface area (Å²) in [4.78, 5) is 113. The van der Waals surface area contributed by atoms with E-state index in [2.05, 4.69) is 27.1 Å². The second kappa shape index (κ2) is 31.4. The highest BCUT2D eigenvalue weighted by Crippen LogP contribution is 2.32. The third kappa shape index (κ3) is 19.7. The summed E-state index contributed by atoms with van der Waals surface area (Å²) in [5.74, 6) is -12.3. The van der Waals surface area contributed by atoms with Crippen LogP contribution in [-0.2, 0) is 48.8 Å². The largest absolute Gasteiger partial charge is 0.504 e. The lowest BCUT2D eigenvalue weighted by Crippen LogP contribution is -2.64. The van der Waals surface area contributed by atoms with Gasteiger partial charge in [0.1, 0.15) is 54.6 Å². The number of hydrogen-bond donors (Lipinski definition) is 16. The molecule has 0 bridgehead atoms. The molecule has 1 unspecified atom stereocenters. The first-order valence-electron chi connectivity index (χ1n) is 27.0. The van der Waals surface area contributed by atoms with E-state index in [0.29, 0.717) is 28.7 Å². The third-order valence-electron chi connectivity index (χ3n) is 14.2. The van der Waals surface area contributed by atoms with Crippen molar-refractivity contribution in [3.63, 3.8) is 0 Å². The van der Waals surface area contributed by atoms with Gasteiger partial charge in [-0.1, -0.05) is 90.0 Å². The Morgan fingerprint density at radius 3 is 1.88 bits per heavy atom. The van der Waals surface area contributed by atoms with Gasteiger partial charge in [-0.3, -0.25) is 42.9 Å². The number of phenolic OH excluding ortho intramolecular Hbond substituents is 1. The molecular weight excluding hydrogens is 1080 g/mol. The van der Waals surface area contributed by atoms with E-state index in [1.807, 2.05) is 10.6 Å². The zero-order valence-corrected chi connectivity index (χ0v) is 45.6. The van der Waals surface area contributed by atoms with Gasteiger partial charge in [-0.15, -0.1) is 0 Å². The number of amides is 8. The van der Waals surface area contributed by atoms with Crippen LogP contribution in [0.25, 0.3) is 0 Å². The number of primary amides is 1. The molecule has 1 aromatic rings. The lowest BCUT2D eigenvalue weighted by atomic mass is 9.96. The fraction of sp³-hybridized carbons (Fsp3) is 0.720. The Labute approximate surface area is 462 Å². The third-order valence-corrected chi connectivity index (χ3v) is 14.6. The van der Waals surface area contributed by atoms with Crippen LogP contribution in [0.3, 0.4) is 0 Å². The number of carbonyl (C=O) groups is 8. The molecule has 0 aliphatic carbocycles. The second-order valence-electron chi connectivity index (χ2n) is 20.7. The average Bonchev–Trinajstić information content (AvgIpc) is 4.07. The monoisotopic (exact) mass is 1160 g/mol. The van der Waals surface area contributed by atoms with Crippen molar-refractivity contribution in [3.8, 4) is 11.5 Å². The Balaban J connectivity index is 1.72. The molecule has 8 amide bonds. The molecule has 3 aliphatic rings. The Morgan fingerprint density at radius 1 is 0.738 bits per heavy atom. The van der Waals surface area contributed by atoms with E-state index in [-0.39, 0.29) is 12.8 Å². The molecule has 17 N–H and O–H groups in total. The number of aliphatic hydroxyl groups is 8. The van der Waals surface area contributed by atoms with E-state index in [9.17, 15) is 97.3 Å². The molecule has 14 atom stereocenters. The van der Waals surface area contributed by atoms with E-state index in [4.69, 9.17) is 5.73 Å². The molecule has 4 rings (SSSR count). The van der Waals surface area contributed by atoms with Gasteiger partial charge < -0.3 is 92.3 Å². The number of nitrogens with zero attached hydrogens (tertiary/aromatic N) is 2. The van der Waals surface area contributed by atoms with Gasteiger partial charge in [-0.2, -0.15) is 8.42 Å². The zero-order chi connectivity index (χ0) is 59.6. The SMILES string of the molecule is CCCCCCCCCCCCCCCC(=O)NC1C[C@@H](O)[C@@H](O)NC(=O)[C@@H]2[C@@H](O)CCN2C(=O)[C@H]([C@@H](O)CC(N)=O)NC(=O)[C@H]([C@H](O)[C@@H](O)c2ccc(O)c(OS(=O)(=O)O)c2)NC(=O)[C@@H]2C[C@@H](O)CN2C(=O)[C@H]([C@H](C)O)NC1=O. The van der Waals surface area contributed by atoms with Gasteiger partial charge in [-0.05, 0) is 37.5 Å². The van der Waals surface area contributed by atoms with Gasteiger partial charge in [0.2, 0.25) is 47.3 Å². The van der Waals surface area contributed by atoms with E-state index < -0.39 is 192 Å². The standard InChI is InChI=1S/C50H80N8O21S/c1-3-4-5-6-7-8-9-10-11-12-13-14-15-16-37(66)52-29-23-34(64)46(71)56-48(73)41-32(62)19-20-57(41)50(75)39(33(63)24-36(51)65)54-47(72)40(43(68)42(67)27-17-18-31(61)35(21-27)79-80(76,77)78)55-45(70)30-22-28(60)25-58(30)49(74)38(26(2)59)53-44(29)69/h17-18,21,26,28-30,32-34,38-43,46,59-64,67-68,71H,3-16,19-20,22-25H2,1-2H3,(H2,51,65)(H,52,66)(H,53,69)(H,54,72)(H,55,70)(H,56,73)(H,76,77,78)/t26-,28+,29?,30-,32-,33-,34+,38-,39-,40-,41-,42-,43-,46+/m0/s1. The summed E-state index contributed by atoms with van der Waals surface area (Å²) in [5, 5.41) is 111. The van der Waals surface area contributed by atoms with Gasteiger partial charge in [0.05, 0.1) is 30.8 Å². The number of benzene rings is 1. The summed E-state index contributed by atoms with van der Waals surface area (Å²) in [7, 11) is -5.33. The minimum Gasteiger partial charge on any atom is -0.504 e. The van der Waals surface area contributed by atoms with Crippen molar-refractivity contribution in [1.29, 1.82) is 0 Å². The van der Waals surface area contributed by atoms with Crippen LogP contribution >= 0.6 is 0 Å². The molecule has 3 heterocycles. The molecule has 1 aromatic carbocycles. The van der Waals surface area contributed by atoms with Crippen molar-refractivity contribution in [1.82, 2.24) is 36.4 Å². The van der Waals surface area contributed by atoms with Crippen LogP contribution in [0.5, 0.6) is 11.5 Å². The number of unbranched alkanes of at least 4 members (excludes halogenated alkanes) is 12. The van der Waals surface area contributed by atoms with Gasteiger partial charge in [0, 0.05) is 32.4 Å². The summed E-state index contributed by atoms with van der Waals surface area (Å²) in [5.41, 5.74) is 4.73. The van der Waals surface area contributed by atoms with Crippen molar-refractivity contribution in [2.75, 3.05) is 13.1 Å². The Kier molecular flexibility index (Phi) is 26.2. The first-order valence-corrected chi connectivity index (χ1v) is 28.4. The summed E-state index contributed by atoms with van der Waals surface area (Å²) >= 11 is 0. The maximum Gasteiger partial charge on any atom is 0.446 e. The summed E-state index contributed by atoms with van der Waals surface area (Å²) in [6.07, 6.45) is -6.70. The number of nitrogens with two attached hydrogens (primary N) is 1. The van der Waals surface area contributed by atoms with Crippen LogP contribution in [0.2, 0.25) is 0 Å². The number of aliphatic hydroxyl groups excluding tert-OH is 8. The van der Waals surface area contributed by atoms with Crippen molar-refractivity contribution in [3.05, 3.63) is 23.8 Å². The van der Waals surface area contributed by atoms with E-state index in [1.165, 1.54) is 38.5 Å². The normalized spacial score (nSPS) is 27.3. The number of fused-ring (bicyclic) bond motifs is 2. The Bertz CT molecular complexity index is 2400. The van der Waals surface area contributed by atoms with Crippen molar-refractivity contribution in [2.45, 2.75) is 215 Å². The van der Waals surface area contributed by atoms with Crippen LogP contribution in [0, 0.1) is 0 Å². The molecule has 452 valence electrons. The van der Waals surface area contributed by atoms with Gasteiger partial charge in [-0.25, -0.2) is 0 Å². The predicted octanol–water partition coefficient (Wildman–Crippen LogP) is -3.87. The molecule has 3 saturated heterocycles. The molecule has 3 aliphatic heterocycles. The minimum absolute atomic E-state index is 0.112. The second-order valence-corrected chi connectivity index (χ2v) is 21.7. The van der Waals surface area contributed by atoms with Gasteiger partial charge in [0.15, 0.2) is 17.7 Å². The molecule has 80 heavy (non-hydrogen) atoms. The molecule has 30 heteroatoms. The number of hydrogen-bond acceptors (Lipinski definition) is 20. The van der Waals surface area contributed by atoms with Crippen LogP contribution in [0.4, 0.5) is 0 Å². The van der Waals surface area contributed by atoms with Crippen LogP contribution in [-0.4, -0.2) is 208 Å². The average molecular weight is 1160 g/mol. The van der Waals surface area contributed by atoms with E-state index in [1.54, 1.807) is 0 Å². The Morgan fingerprint density at radius 2 is 1.30 bits per heavy atom. The quantitative estimate of drug-likeness (QED) is 0.0348. The fourth-order valence-electron chi connectivity index (χ4n) is 9.86. The maximum absolute atomic E-state index is 14.5. The fourth-order valence-corrected chi connectivity index (χ4v) is 10.2. The van der Waals surface area contributed by atoms with Gasteiger partial charge in [0.25, 0.3) is 0 Å². The molecule has 0 spiro atoms. The lowest BCUT2D eigenvalue weighted by Gasteiger charge is -2.34. The van der Waals surface area contributed by atoms with Crippen molar-refractivity contribution >= 4 is 57.7 Å². The molecule has 0 radical (unpaired) electrons. The van der Waals surface area contributed by atoms with Crippen LogP contribution in [0.1, 0.15) is 141 Å². The Hall–Kier alpha value is -5.83. The molecule has 0 aromatic heterocycles. The highest BCUT2D eigenvalue weighted by Gasteiger charge is 2.49.